The molecule has 40 heavy (non-hydrogen) atoms. The van der Waals surface area contributed by atoms with Gasteiger partial charge in [-0.15, -0.1) is 0 Å². The first-order valence-electron chi connectivity index (χ1n) is 12.5. The number of para-hydroxylation sites is 1. The fourth-order valence-electron chi connectivity index (χ4n) is 4.04. The first-order chi connectivity index (χ1) is 18.9. The minimum absolute atomic E-state index is 0.162. The van der Waals surface area contributed by atoms with Crippen molar-refractivity contribution in [2.24, 2.45) is 9.98 Å². The van der Waals surface area contributed by atoms with E-state index in [0.29, 0.717) is 11.5 Å². The number of hydrogen-bond donors (Lipinski definition) is 3. The lowest BCUT2D eigenvalue weighted by atomic mass is 9.98. The summed E-state index contributed by atoms with van der Waals surface area (Å²) < 4.78 is 53.2. The van der Waals surface area contributed by atoms with Crippen LogP contribution in [0.15, 0.2) is 46.6 Å². The summed E-state index contributed by atoms with van der Waals surface area (Å²) in [6.45, 7) is 8.93. The summed E-state index contributed by atoms with van der Waals surface area (Å²) in [6.07, 6.45) is -3.50. The van der Waals surface area contributed by atoms with Gasteiger partial charge in [-0.3, -0.25) is 18.9 Å². The summed E-state index contributed by atoms with van der Waals surface area (Å²) in [4.78, 5) is 24.7. The van der Waals surface area contributed by atoms with Crippen LogP contribution in [0.1, 0.15) is 39.6 Å². The Morgan fingerprint density at radius 3 is 2.60 bits per heavy atom. The van der Waals surface area contributed by atoms with Crippen LogP contribution in [0.4, 0.5) is 10.2 Å². The van der Waals surface area contributed by atoms with Crippen LogP contribution < -0.4 is 14.9 Å². The van der Waals surface area contributed by atoms with Crippen molar-refractivity contribution in [1.82, 2.24) is 20.0 Å². The number of imidazole rings is 1. The predicted molar refractivity (Wildman–Crippen MR) is 147 cm³/mol. The van der Waals surface area contributed by atoms with Crippen LogP contribution in [0.3, 0.4) is 0 Å². The SMILES string of the molecule is C=Nc1c(C(=NC)NC)ncn1[C@@H]1O[C@H](COP(=O)(N[C@@H](C)C(=O)OC(C)C)Oc2ccccc2)[C@@H](O)[C@@]1(C)F. The highest BCUT2D eigenvalue weighted by atomic mass is 31.2. The molecule has 0 radical (unpaired) electrons. The zero-order valence-corrected chi connectivity index (χ0v) is 24.2. The van der Waals surface area contributed by atoms with E-state index in [-0.39, 0.29) is 11.6 Å². The van der Waals surface area contributed by atoms with E-state index >= 15 is 4.39 Å². The van der Waals surface area contributed by atoms with E-state index in [1.807, 2.05) is 0 Å². The smallest absolute Gasteiger partial charge is 0.459 e. The fourth-order valence-corrected chi connectivity index (χ4v) is 5.54. The van der Waals surface area contributed by atoms with E-state index in [2.05, 4.69) is 32.1 Å². The molecule has 3 N–H and O–H groups in total. The molecule has 0 bridgehead atoms. The first-order valence-corrected chi connectivity index (χ1v) is 14.1. The molecule has 15 heteroatoms. The van der Waals surface area contributed by atoms with E-state index in [9.17, 15) is 14.5 Å². The Hall–Kier alpha value is -3.16. The number of alkyl halides is 1. The molecule has 1 aromatic carbocycles. The summed E-state index contributed by atoms with van der Waals surface area (Å²) >= 11 is 0. The third-order valence-electron chi connectivity index (χ3n) is 6.01. The number of aromatic nitrogens is 2. The molecule has 0 spiro atoms. The Balaban J connectivity index is 1.84. The standard InChI is InChI=1S/C25H36FN6O7P/c1-15(2)37-23(34)16(3)31-40(35,39-17-11-9-8-10-12-17)36-13-18-20(33)25(4,26)24(38-18)32-14-30-19(22(32)29-7)21(27-5)28-6/h8-12,14-16,18,20,24,33H,7,13H2,1-6H3,(H,27,28)(H,31,35)/t16-,18+,20+,24+,25+,40?/m0/s1. The molecule has 0 aliphatic carbocycles. The van der Waals surface area contributed by atoms with Crippen LogP contribution in [-0.2, 0) is 23.4 Å². The third kappa shape index (κ3) is 6.94. The van der Waals surface area contributed by atoms with Crippen molar-refractivity contribution in [2.45, 2.75) is 63.9 Å². The van der Waals surface area contributed by atoms with E-state index < -0.39 is 56.6 Å². The molecule has 1 unspecified atom stereocenters. The third-order valence-corrected chi connectivity index (χ3v) is 7.65. The summed E-state index contributed by atoms with van der Waals surface area (Å²) in [7, 11) is -1.08. The molecular weight excluding hydrogens is 546 g/mol. The lowest BCUT2D eigenvalue weighted by molar-refractivity contribution is -0.149. The molecule has 13 nitrogen and oxygen atoms in total. The lowest BCUT2D eigenvalue weighted by Gasteiger charge is -2.25. The van der Waals surface area contributed by atoms with E-state index in [0.717, 1.165) is 6.92 Å². The van der Waals surface area contributed by atoms with Gasteiger partial charge in [-0.1, -0.05) is 18.2 Å². The van der Waals surface area contributed by atoms with E-state index in [1.165, 1.54) is 17.8 Å². The number of hydrogen-bond acceptors (Lipinski definition) is 10. The maximum Gasteiger partial charge on any atom is 0.459 e. The maximum absolute atomic E-state index is 15.9. The Morgan fingerprint density at radius 2 is 2.02 bits per heavy atom. The topological polar surface area (TPSA) is 158 Å². The Bertz CT molecular complexity index is 1260. The molecule has 2 heterocycles. The van der Waals surface area contributed by atoms with Gasteiger partial charge in [-0.2, -0.15) is 5.09 Å². The number of rotatable bonds is 12. The molecule has 1 saturated heterocycles. The van der Waals surface area contributed by atoms with Crippen LogP contribution in [0, 0.1) is 0 Å². The van der Waals surface area contributed by atoms with E-state index in [4.69, 9.17) is 18.5 Å². The zero-order chi connectivity index (χ0) is 29.7. The number of halogens is 1. The molecule has 1 fully saturated rings. The largest absolute Gasteiger partial charge is 0.462 e. The number of carbonyl (C=O) groups is 1. The number of aliphatic hydroxyl groups is 1. The number of aliphatic hydroxyl groups excluding tert-OH is 1. The Labute approximate surface area is 232 Å². The quantitative estimate of drug-likeness (QED) is 0.147. The van der Waals surface area contributed by atoms with Crippen LogP contribution in [0.2, 0.25) is 0 Å². The van der Waals surface area contributed by atoms with Crippen LogP contribution in [0.5, 0.6) is 5.75 Å². The summed E-state index contributed by atoms with van der Waals surface area (Å²) in [5.41, 5.74) is -2.04. The molecule has 1 aromatic heterocycles. The number of esters is 1. The van der Waals surface area contributed by atoms with Crippen LogP contribution in [-0.4, -0.2) is 83.9 Å². The molecule has 220 valence electrons. The molecule has 2 aromatic rings. The second kappa shape index (κ2) is 13.0. The summed E-state index contributed by atoms with van der Waals surface area (Å²) in [5, 5.41) is 16.3. The Morgan fingerprint density at radius 1 is 1.35 bits per heavy atom. The zero-order valence-electron chi connectivity index (χ0n) is 23.3. The van der Waals surface area contributed by atoms with Crippen molar-refractivity contribution in [3.63, 3.8) is 0 Å². The Kier molecular flexibility index (Phi) is 10.2. The normalized spacial score (nSPS) is 25.3. The van der Waals surface area contributed by atoms with Gasteiger partial charge in [0.15, 0.2) is 23.6 Å². The highest BCUT2D eigenvalue weighted by Gasteiger charge is 2.56. The second-order valence-corrected chi connectivity index (χ2v) is 11.2. The van der Waals surface area contributed by atoms with Crippen molar-refractivity contribution in [3.8, 4) is 5.75 Å². The van der Waals surface area contributed by atoms with Gasteiger partial charge in [0.2, 0.25) is 0 Å². The molecule has 0 amide bonds. The average molecular weight is 583 g/mol. The number of aliphatic imine (C=N–C) groups is 2. The second-order valence-electron chi connectivity index (χ2n) is 9.46. The molecule has 1 aliphatic heterocycles. The van der Waals surface area contributed by atoms with E-state index in [1.54, 1.807) is 58.3 Å². The molecule has 3 rings (SSSR count). The minimum Gasteiger partial charge on any atom is -0.462 e. The fraction of sp³-hybridized carbons (Fsp3) is 0.520. The van der Waals surface area contributed by atoms with Crippen molar-refractivity contribution >= 4 is 32.1 Å². The molecule has 0 saturated carbocycles. The average Bonchev–Trinajstić information content (AvgIpc) is 3.41. The van der Waals surface area contributed by atoms with Gasteiger partial charge < -0.3 is 24.4 Å². The van der Waals surface area contributed by atoms with Crippen molar-refractivity contribution in [3.05, 3.63) is 42.4 Å². The number of ether oxygens (including phenoxy) is 2. The highest BCUT2D eigenvalue weighted by Crippen LogP contribution is 2.48. The highest BCUT2D eigenvalue weighted by molar-refractivity contribution is 7.52. The van der Waals surface area contributed by atoms with Crippen LogP contribution in [0.25, 0.3) is 0 Å². The van der Waals surface area contributed by atoms with Crippen molar-refractivity contribution < 1.29 is 37.4 Å². The van der Waals surface area contributed by atoms with Gasteiger partial charge in [0.25, 0.3) is 0 Å². The lowest BCUT2D eigenvalue weighted by Crippen LogP contribution is -2.41. The van der Waals surface area contributed by atoms with Crippen molar-refractivity contribution in [2.75, 3.05) is 20.7 Å². The molecule has 6 atom stereocenters. The number of amidine groups is 1. The van der Waals surface area contributed by atoms with Gasteiger partial charge in [-0.25, -0.2) is 18.9 Å². The minimum atomic E-state index is -4.28. The summed E-state index contributed by atoms with van der Waals surface area (Å²) in [6, 6.07) is 7.06. The molecule has 1 aliphatic rings. The van der Waals surface area contributed by atoms with Gasteiger partial charge in [-0.05, 0) is 46.5 Å². The van der Waals surface area contributed by atoms with Gasteiger partial charge in [0.05, 0.1) is 19.0 Å². The van der Waals surface area contributed by atoms with Gasteiger partial charge >= 0.3 is 13.7 Å². The van der Waals surface area contributed by atoms with Crippen LogP contribution >= 0.6 is 7.75 Å². The number of nitrogens with one attached hydrogen (secondary N) is 2. The van der Waals surface area contributed by atoms with Gasteiger partial charge in [0, 0.05) is 14.1 Å². The monoisotopic (exact) mass is 582 g/mol. The summed E-state index contributed by atoms with van der Waals surface area (Å²) in [5.74, 6) is 0.0561. The predicted octanol–water partition coefficient (Wildman–Crippen LogP) is 2.93. The van der Waals surface area contributed by atoms with Crippen molar-refractivity contribution in [1.29, 1.82) is 0 Å². The van der Waals surface area contributed by atoms with Gasteiger partial charge in [0.1, 0.15) is 29.7 Å². The number of carbonyl (C=O) groups excluding carboxylic acids is 1. The number of nitrogens with zero attached hydrogens (tertiary/aromatic N) is 4. The number of benzene rings is 1. The first kappa shape index (κ1) is 31.4. The molecular formula is C25H36FN6O7P. The maximum atomic E-state index is 15.9.